The summed E-state index contributed by atoms with van der Waals surface area (Å²) in [5, 5.41) is 39.4. The Hall–Kier alpha value is -1.67. The van der Waals surface area contributed by atoms with Gasteiger partial charge in [-0.15, -0.1) is 0 Å². The van der Waals surface area contributed by atoms with Gasteiger partial charge in [0.05, 0.1) is 0 Å². The minimum absolute atomic E-state index is 0.250. The van der Waals surface area contributed by atoms with Crippen molar-refractivity contribution in [3.05, 3.63) is 0 Å². The fraction of sp³-hybridized carbons (Fsp3) is 0.400. The van der Waals surface area contributed by atoms with Gasteiger partial charge in [0.25, 0.3) is 6.47 Å². The number of aliphatic hydroxyl groups is 2. The third-order valence-corrected chi connectivity index (χ3v) is 0.805. The number of aliphatic carboxylic acids is 2. The van der Waals surface area contributed by atoms with Crippen LogP contribution in [0, 0.1) is 0 Å². The molecule has 0 saturated carbocycles. The van der Waals surface area contributed by atoms with E-state index < -0.39 is 24.1 Å². The predicted molar refractivity (Wildman–Crippen MR) is 36.0 cm³/mol. The maximum absolute atomic E-state index is 9.77. The largest absolute Gasteiger partial charge is 0.483 e. The van der Waals surface area contributed by atoms with E-state index in [1.54, 1.807) is 0 Å². The monoisotopic (exact) mass is 196 g/mol. The van der Waals surface area contributed by atoms with Gasteiger partial charge in [0.15, 0.2) is 12.2 Å². The van der Waals surface area contributed by atoms with Crippen LogP contribution in [0.15, 0.2) is 0 Å². The van der Waals surface area contributed by atoms with Crippen molar-refractivity contribution >= 4 is 18.4 Å². The van der Waals surface area contributed by atoms with Gasteiger partial charge in [-0.1, -0.05) is 0 Å². The van der Waals surface area contributed by atoms with Gasteiger partial charge in [-0.25, -0.2) is 9.59 Å². The molecule has 0 radical (unpaired) electrons. The van der Waals surface area contributed by atoms with E-state index in [9.17, 15) is 9.59 Å². The molecule has 0 aromatic carbocycles. The molecular formula is C5H8O8. The lowest BCUT2D eigenvalue weighted by molar-refractivity contribution is -0.165. The van der Waals surface area contributed by atoms with Gasteiger partial charge in [-0.2, -0.15) is 0 Å². The highest BCUT2D eigenvalue weighted by Gasteiger charge is 2.29. The maximum Gasteiger partial charge on any atom is 0.335 e. The Balaban J connectivity index is 0. The van der Waals surface area contributed by atoms with Crippen molar-refractivity contribution in [1.29, 1.82) is 0 Å². The van der Waals surface area contributed by atoms with E-state index in [-0.39, 0.29) is 6.47 Å². The van der Waals surface area contributed by atoms with Crippen molar-refractivity contribution in [3.63, 3.8) is 0 Å². The SMILES string of the molecule is O=C(O)C(O)C(O)C(=O)O.O=CO. The second kappa shape index (κ2) is 7.00. The van der Waals surface area contributed by atoms with Crippen LogP contribution in [0.1, 0.15) is 0 Å². The molecule has 0 aromatic rings. The number of aliphatic hydroxyl groups excluding tert-OH is 2. The van der Waals surface area contributed by atoms with Crippen LogP contribution >= 0.6 is 0 Å². The first kappa shape index (κ1) is 13.9. The highest BCUT2D eigenvalue weighted by Crippen LogP contribution is 1.92. The topological polar surface area (TPSA) is 152 Å². The molecule has 0 aliphatic heterocycles. The molecule has 0 heterocycles. The summed E-state index contributed by atoms with van der Waals surface area (Å²) in [5.41, 5.74) is 0. The van der Waals surface area contributed by atoms with Gasteiger partial charge in [-0.05, 0) is 0 Å². The molecule has 0 aliphatic rings. The van der Waals surface area contributed by atoms with Gasteiger partial charge in [-0.3, -0.25) is 4.79 Å². The highest BCUT2D eigenvalue weighted by molar-refractivity contribution is 5.83. The molecule has 13 heavy (non-hydrogen) atoms. The molecule has 76 valence electrons. The van der Waals surface area contributed by atoms with Crippen LogP contribution in [0.5, 0.6) is 0 Å². The Labute approximate surface area is 71.7 Å². The molecule has 8 heteroatoms. The van der Waals surface area contributed by atoms with E-state index in [4.69, 9.17) is 30.3 Å². The highest BCUT2D eigenvalue weighted by atomic mass is 16.4. The van der Waals surface area contributed by atoms with Crippen molar-refractivity contribution in [1.82, 2.24) is 0 Å². The molecule has 0 spiro atoms. The molecule has 0 fully saturated rings. The zero-order valence-corrected chi connectivity index (χ0v) is 6.19. The van der Waals surface area contributed by atoms with E-state index >= 15 is 0 Å². The third-order valence-electron chi connectivity index (χ3n) is 0.805. The van der Waals surface area contributed by atoms with Crippen molar-refractivity contribution in [2.24, 2.45) is 0 Å². The van der Waals surface area contributed by atoms with Gasteiger partial charge >= 0.3 is 11.9 Å². The second-order valence-corrected chi connectivity index (χ2v) is 1.67. The van der Waals surface area contributed by atoms with Crippen LogP contribution in [-0.4, -0.2) is 56.2 Å². The van der Waals surface area contributed by atoms with E-state index in [1.165, 1.54) is 0 Å². The zero-order valence-electron chi connectivity index (χ0n) is 6.19. The Bertz CT molecular complexity index is 169. The molecule has 0 bridgehead atoms. The lowest BCUT2D eigenvalue weighted by Gasteiger charge is -2.07. The third kappa shape index (κ3) is 6.72. The number of hydrogen-bond acceptors (Lipinski definition) is 5. The summed E-state index contributed by atoms with van der Waals surface area (Å²) in [4.78, 5) is 27.9. The first-order valence-corrected chi connectivity index (χ1v) is 2.78. The summed E-state index contributed by atoms with van der Waals surface area (Å²) in [6.07, 6.45) is -4.53. The summed E-state index contributed by atoms with van der Waals surface area (Å²) < 4.78 is 0. The zero-order chi connectivity index (χ0) is 11.0. The smallest absolute Gasteiger partial charge is 0.335 e. The number of hydrogen-bond donors (Lipinski definition) is 5. The summed E-state index contributed by atoms with van der Waals surface area (Å²) in [6.45, 7) is -0.250. The summed E-state index contributed by atoms with van der Waals surface area (Å²) in [5.74, 6) is -3.54. The van der Waals surface area contributed by atoms with Crippen LogP contribution in [0.2, 0.25) is 0 Å². The molecule has 0 aliphatic carbocycles. The molecule has 2 unspecified atom stereocenters. The molecule has 0 rings (SSSR count). The first-order chi connectivity index (χ1) is 5.88. The average molecular weight is 196 g/mol. The van der Waals surface area contributed by atoms with Crippen molar-refractivity contribution in [3.8, 4) is 0 Å². The van der Waals surface area contributed by atoms with Crippen LogP contribution in [0.4, 0.5) is 0 Å². The molecule has 0 aromatic heterocycles. The molecular weight excluding hydrogens is 188 g/mol. The van der Waals surface area contributed by atoms with E-state index in [2.05, 4.69) is 0 Å². The van der Waals surface area contributed by atoms with Crippen molar-refractivity contribution < 1.29 is 39.9 Å². The fourth-order valence-corrected chi connectivity index (χ4v) is 0.270. The Kier molecular flexibility index (Phi) is 7.48. The fourth-order valence-electron chi connectivity index (χ4n) is 0.270. The van der Waals surface area contributed by atoms with Crippen LogP contribution in [-0.2, 0) is 14.4 Å². The van der Waals surface area contributed by atoms with Gasteiger partial charge < -0.3 is 25.5 Å². The number of carbonyl (C=O) groups is 3. The minimum Gasteiger partial charge on any atom is -0.483 e. The van der Waals surface area contributed by atoms with Crippen LogP contribution in [0.25, 0.3) is 0 Å². The Morgan fingerprint density at radius 3 is 1.23 bits per heavy atom. The number of rotatable bonds is 3. The second-order valence-electron chi connectivity index (χ2n) is 1.67. The van der Waals surface area contributed by atoms with Gasteiger partial charge in [0.2, 0.25) is 0 Å². The quantitative estimate of drug-likeness (QED) is 0.312. The number of carboxylic acid groups (broad SMARTS) is 3. The average Bonchev–Trinajstić information content (AvgIpc) is 2.03. The summed E-state index contributed by atoms with van der Waals surface area (Å²) in [7, 11) is 0. The maximum atomic E-state index is 9.77. The molecule has 8 nitrogen and oxygen atoms in total. The number of carboxylic acids is 2. The normalized spacial score (nSPS) is 13.1. The Morgan fingerprint density at radius 2 is 1.15 bits per heavy atom. The molecule has 2 atom stereocenters. The van der Waals surface area contributed by atoms with Crippen LogP contribution < -0.4 is 0 Å². The lowest BCUT2D eigenvalue weighted by atomic mass is 10.2. The molecule has 0 amide bonds. The predicted octanol–water partition coefficient (Wildman–Crippen LogP) is -2.42. The minimum atomic E-state index is -2.27. The standard InChI is InChI=1S/C4H6O6.CH2O2/c5-1(3(7)8)2(6)4(9)10;2-1-3/h1-2,5-6H,(H,7,8)(H,9,10);1H,(H,2,3). The molecule has 5 N–H and O–H groups in total. The van der Waals surface area contributed by atoms with E-state index in [1.807, 2.05) is 0 Å². The van der Waals surface area contributed by atoms with Crippen molar-refractivity contribution in [2.45, 2.75) is 12.2 Å². The summed E-state index contributed by atoms with van der Waals surface area (Å²) in [6, 6.07) is 0. The van der Waals surface area contributed by atoms with Crippen LogP contribution in [0.3, 0.4) is 0 Å². The Morgan fingerprint density at radius 1 is 1.00 bits per heavy atom. The summed E-state index contributed by atoms with van der Waals surface area (Å²) >= 11 is 0. The van der Waals surface area contributed by atoms with E-state index in [0.29, 0.717) is 0 Å². The van der Waals surface area contributed by atoms with Gasteiger partial charge in [0.1, 0.15) is 0 Å². The first-order valence-electron chi connectivity index (χ1n) is 2.78. The van der Waals surface area contributed by atoms with E-state index in [0.717, 1.165) is 0 Å². The molecule has 0 saturated heterocycles. The lowest BCUT2D eigenvalue weighted by Crippen LogP contribution is -2.39. The van der Waals surface area contributed by atoms with Gasteiger partial charge in [0, 0.05) is 0 Å². The van der Waals surface area contributed by atoms with Crippen molar-refractivity contribution in [2.75, 3.05) is 0 Å².